The van der Waals surface area contributed by atoms with E-state index in [2.05, 4.69) is 27.6 Å². The van der Waals surface area contributed by atoms with Gasteiger partial charge in [0.25, 0.3) is 0 Å². The Bertz CT molecular complexity index is 515. The Morgan fingerprint density at radius 3 is 1.85 bits per heavy atom. The first kappa shape index (κ1) is 21.7. The number of methoxy groups -OCH3 is 1. The van der Waals surface area contributed by atoms with Crippen molar-refractivity contribution in [1.29, 1.82) is 0 Å². The van der Waals surface area contributed by atoms with Gasteiger partial charge in [-0.15, -0.1) is 0 Å². The molecular weight excluding hydrogens is 405 g/mol. The zero-order valence-corrected chi connectivity index (χ0v) is 17.3. The quantitative estimate of drug-likeness (QED) is 0.479. The number of alkyl halides is 2. The van der Waals surface area contributed by atoms with E-state index in [0.717, 1.165) is 31.8 Å². The molecule has 3 rings (SSSR count). The molecule has 5 heteroatoms. The molecule has 0 bridgehead atoms. The van der Waals surface area contributed by atoms with Crippen LogP contribution < -0.4 is 0 Å². The van der Waals surface area contributed by atoms with E-state index in [1.807, 2.05) is 0 Å². The third-order valence-corrected chi connectivity index (χ3v) is 6.71. The number of rotatable bonds is 3. The molecule has 1 aromatic rings. The zero-order chi connectivity index (χ0) is 19.2. The molecule has 0 aromatic heterocycles. The highest BCUT2D eigenvalue weighted by Gasteiger charge is 2.42. The summed E-state index contributed by atoms with van der Waals surface area (Å²) >= 11 is 3.02. The number of hydrogen-bond acceptors (Lipinski definition) is 1. The minimum Gasteiger partial charge on any atom is -0.324 e. The molecule has 0 N–H and O–H groups in total. The van der Waals surface area contributed by atoms with Crippen LogP contribution in [0.15, 0.2) is 28.7 Å². The van der Waals surface area contributed by atoms with Crippen molar-refractivity contribution in [3.63, 3.8) is 0 Å². The highest BCUT2D eigenvalue weighted by atomic mass is 79.9. The molecular formula is C21H30BrF3O. The second-order valence-electron chi connectivity index (χ2n) is 7.81. The maximum Gasteiger partial charge on any atom is 0.358 e. The maximum absolute atomic E-state index is 13.4. The first-order valence-corrected chi connectivity index (χ1v) is 10.5. The van der Waals surface area contributed by atoms with Crippen molar-refractivity contribution < 1.29 is 17.9 Å². The SMILES string of the molecule is COC(F)(F)C1CCC(C2CCC(C)CC2)CC1.Fc1ccccc1Br. The summed E-state index contributed by atoms with van der Waals surface area (Å²) in [5.74, 6) is 1.60. The summed E-state index contributed by atoms with van der Waals surface area (Å²) in [4.78, 5) is 0. The lowest BCUT2D eigenvalue weighted by Crippen LogP contribution is -2.35. The van der Waals surface area contributed by atoms with Crippen molar-refractivity contribution in [2.45, 2.75) is 64.4 Å². The fourth-order valence-corrected chi connectivity index (χ4v) is 4.57. The highest BCUT2D eigenvalue weighted by Crippen LogP contribution is 2.44. The van der Waals surface area contributed by atoms with E-state index in [-0.39, 0.29) is 5.82 Å². The lowest BCUT2D eigenvalue weighted by atomic mass is 9.69. The minimum absolute atomic E-state index is 0.215. The van der Waals surface area contributed by atoms with Crippen LogP contribution in [-0.2, 0) is 4.74 Å². The van der Waals surface area contributed by atoms with Gasteiger partial charge in [0, 0.05) is 7.11 Å². The van der Waals surface area contributed by atoms with Crippen molar-refractivity contribution in [3.8, 4) is 0 Å². The third kappa shape index (κ3) is 6.26. The van der Waals surface area contributed by atoms with E-state index in [1.54, 1.807) is 18.2 Å². The van der Waals surface area contributed by atoms with Crippen LogP contribution >= 0.6 is 15.9 Å². The van der Waals surface area contributed by atoms with Crippen LogP contribution in [0.5, 0.6) is 0 Å². The molecule has 26 heavy (non-hydrogen) atoms. The van der Waals surface area contributed by atoms with E-state index >= 15 is 0 Å². The van der Waals surface area contributed by atoms with E-state index in [1.165, 1.54) is 31.7 Å². The van der Waals surface area contributed by atoms with Gasteiger partial charge in [-0.2, -0.15) is 8.78 Å². The molecule has 0 saturated heterocycles. The molecule has 0 spiro atoms. The molecule has 0 amide bonds. The minimum atomic E-state index is -2.91. The van der Waals surface area contributed by atoms with Gasteiger partial charge in [0.1, 0.15) is 5.82 Å². The topological polar surface area (TPSA) is 9.23 Å². The zero-order valence-electron chi connectivity index (χ0n) is 15.7. The molecule has 2 aliphatic rings. The van der Waals surface area contributed by atoms with Gasteiger partial charge >= 0.3 is 6.11 Å². The van der Waals surface area contributed by atoms with Gasteiger partial charge in [0.05, 0.1) is 10.4 Å². The van der Waals surface area contributed by atoms with Crippen molar-refractivity contribution in [1.82, 2.24) is 0 Å². The lowest BCUT2D eigenvalue weighted by molar-refractivity contribution is -0.263. The fourth-order valence-electron chi connectivity index (χ4n) is 4.29. The molecule has 0 atom stereocenters. The summed E-state index contributed by atoms with van der Waals surface area (Å²) in [6.07, 6.45) is 5.61. The predicted octanol–water partition coefficient (Wildman–Crippen LogP) is 7.45. The lowest BCUT2D eigenvalue weighted by Gasteiger charge is -2.38. The summed E-state index contributed by atoms with van der Waals surface area (Å²) < 4.78 is 44.0. The molecule has 2 saturated carbocycles. The van der Waals surface area contributed by atoms with E-state index in [9.17, 15) is 13.2 Å². The monoisotopic (exact) mass is 434 g/mol. The number of halogens is 4. The fraction of sp³-hybridized carbons (Fsp3) is 0.714. The van der Waals surface area contributed by atoms with Gasteiger partial charge in [-0.1, -0.05) is 31.9 Å². The Balaban J connectivity index is 0.000000254. The largest absolute Gasteiger partial charge is 0.358 e. The molecule has 0 radical (unpaired) electrons. The standard InChI is InChI=1S/C15H26F2O.C6H4BrF/c1-11-3-5-12(6-4-11)13-7-9-14(10-8-13)15(16,17)18-2;7-5-3-1-2-4-6(5)8/h11-14H,3-10H2,1-2H3;1-4H. The van der Waals surface area contributed by atoms with Gasteiger partial charge in [0.2, 0.25) is 0 Å². The Kier molecular flexibility index (Phi) is 8.46. The van der Waals surface area contributed by atoms with Gasteiger partial charge in [-0.3, -0.25) is 0 Å². The first-order chi connectivity index (χ1) is 12.3. The average Bonchev–Trinajstić information content (AvgIpc) is 2.65. The van der Waals surface area contributed by atoms with Crippen LogP contribution in [-0.4, -0.2) is 13.2 Å². The maximum atomic E-state index is 13.4. The Hall–Kier alpha value is -0.550. The van der Waals surface area contributed by atoms with E-state index < -0.39 is 12.0 Å². The second kappa shape index (κ2) is 10.1. The number of ether oxygens (including phenoxy) is 1. The molecule has 1 aromatic carbocycles. The highest BCUT2D eigenvalue weighted by molar-refractivity contribution is 9.10. The van der Waals surface area contributed by atoms with Crippen LogP contribution in [0.3, 0.4) is 0 Å². The Morgan fingerprint density at radius 1 is 0.923 bits per heavy atom. The smallest absolute Gasteiger partial charge is 0.324 e. The number of hydrogen-bond donors (Lipinski definition) is 0. The predicted molar refractivity (Wildman–Crippen MR) is 103 cm³/mol. The van der Waals surface area contributed by atoms with E-state index in [4.69, 9.17) is 0 Å². The Morgan fingerprint density at radius 2 is 1.42 bits per heavy atom. The molecule has 0 heterocycles. The van der Waals surface area contributed by atoms with Gasteiger partial charge in [0.15, 0.2) is 0 Å². The van der Waals surface area contributed by atoms with Gasteiger partial charge in [-0.25, -0.2) is 4.39 Å². The Labute approximate surface area is 163 Å². The van der Waals surface area contributed by atoms with Crippen LogP contribution in [0.2, 0.25) is 0 Å². The molecule has 0 unspecified atom stereocenters. The van der Waals surface area contributed by atoms with Crippen LogP contribution in [0, 0.1) is 29.5 Å². The molecule has 1 nitrogen and oxygen atoms in total. The molecule has 148 valence electrons. The van der Waals surface area contributed by atoms with Crippen LogP contribution in [0.25, 0.3) is 0 Å². The van der Waals surface area contributed by atoms with Crippen molar-refractivity contribution in [2.24, 2.45) is 23.7 Å². The molecule has 0 aliphatic heterocycles. The molecule has 2 aliphatic carbocycles. The summed E-state index contributed by atoms with van der Waals surface area (Å²) in [6, 6.07) is 6.49. The summed E-state index contributed by atoms with van der Waals surface area (Å²) in [5, 5.41) is 0. The average molecular weight is 435 g/mol. The summed E-state index contributed by atoms with van der Waals surface area (Å²) in [6.45, 7) is 2.33. The molecule has 2 fully saturated rings. The third-order valence-electron chi connectivity index (χ3n) is 6.07. The normalized spacial score (nSPS) is 29.6. The van der Waals surface area contributed by atoms with Crippen LogP contribution in [0.4, 0.5) is 13.2 Å². The van der Waals surface area contributed by atoms with Gasteiger partial charge < -0.3 is 4.74 Å². The summed E-state index contributed by atoms with van der Waals surface area (Å²) in [5.41, 5.74) is 0. The second-order valence-corrected chi connectivity index (χ2v) is 8.67. The van der Waals surface area contributed by atoms with Crippen LogP contribution in [0.1, 0.15) is 58.3 Å². The van der Waals surface area contributed by atoms with Gasteiger partial charge in [-0.05, 0) is 84.3 Å². The van der Waals surface area contributed by atoms with Crippen molar-refractivity contribution >= 4 is 15.9 Å². The summed E-state index contributed by atoms with van der Waals surface area (Å²) in [7, 11) is 1.12. The van der Waals surface area contributed by atoms with Crippen molar-refractivity contribution in [3.05, 3.63) is 34.6 Å². The van der Waals surface area contributed by atoms with Crippen molar-refractivity contribution in [2.75, 3.05) is 7.11 Å². The van der Waals surface area contributed by atoms with E-state index in [0.29, 0.717) is 23.2 Å². The number of benzene rings is 1. The first-order valence-electron chi connectivity index (χ1n) is 9.66.